The fourth-order valence-corrected chi connectivity index (χ4v) is 2.97. The number of methoxy groups -OCH3 is 1. The number of nitrogens with zero attached hydrogens (tertiary/aromatic N) is 1. The number of hydrogen-bond donors (Lipinski definition) is 1. The first-order valence-corrected chi connectivity index (χ1v) is 7.39. The molecule has 1 heterocycles. The van der Waals surface area contributed by atoms with Gasteiger partial charge in [0, 0.05) is 24.7 Å². The Balaban J connectivity index is 1.97. The SMILES string of the molecule is COc1ccccc1C(N)c1ccc2c(c1)CCC(=O)N2C. The zero-order valence-corrected chi connectivity index (χ0v) is 12.9. The second-order valence-electron chi connectivity index (χ2n) is 5.56. The van der Waals surface area contributed by atoms with Gasteiger partial charge in [-0.2, -0.15) is 0 Å². The monoisotopic (exact) mass is 296 g/mol. The van der Waals surface area contributed by atoms with E-state index in [1.54, 1.807) is 12.0 Å². The van der Waals surface area contributed by atoms with Crippen LogP contribution in [0.25, 0.3) is 0 Å². The smallest absolute Gasteiger partial charge is 0.227 e. The molecular formula is C18H20N2O2. The second kappa shape index (κ2) is 5.81. The van der Waals surface area contributed by atoms with Crippen LogP contribution in [0.15, 0.2) is 42.5 Å². The molecule has 0 fully saturated rings. The maximum Gasteiger partial charge on any atom is 0.227 e. The van der Waals surface area contributed by atoms with Gasteiger partial charge in [0.05, 0.1) is 13.2 Å². The summed E-state index contributed by atoms with van der Waals surface area (Å²) in [4.78, 5) is 13.5. The predicted octanol–water partition coefficient (Wildman–Crippen LogP) is 2.65. The van der Waals surface area contributed by atoms with E-state index < -0.39 is 0 Å². The lowest BCUT2D eigenvalue weighted by molar-refractivity contribution is -0.118. The number of hydrogen-bond acceptors (Lipinski definition) is 3. The van der Waals surface area contributed by atoms with Crippen molar-refractivity contribution in [3.63, 3.8) is 0 Å². The molecule has 114 valence electrons. The van der Waals surface area contributed by atoms with E-state index in [1.165, 1.54) is 5.56 Å². The summed E-state index contributed by atoms with van der Waals surface area (Å²) in [5.41, 5.74) is 10.6. The average Bonchev–Trinajstić information content (AvgIpc) is 2.57. The highest BCUT2D eigenvalue weighted by Gasteiger charge is 2.22. The van der Waals surface area contributed by atoms with Crippen LogP contribution in [0.3, 0.4) is 0 Å². The third-order valence-electron chi connectivity index (χ3n) is 4.28. The van der Waals surface area contributed by atoms with Crippen molar-refractivity contribution >= 4 is 11.6 Å². The molecule has 0 radical (unpaired) electrons. The van der Waals surface area contributed by atoms with Crippen LogP contribution >= 0.6 is 0 Å². The van der Waals surface area contributed by atoms with Gasteiger partial charge in [-0.15, -0.1) is 0 Å². The zero-order valence-electron chi connectivity index (χ0n) is 12.9. The van der Waals surface area contributed by atoms with Crippen molar-refractivity contribution in [1.29, 1.82) is 0 Å². The van der Waals surface area contributed by atoms with Gasteiger partial charge < -0.3 is 15.4 Å². The van der Waals surface area contributed by atoms with Crippen LogP contribution in [0, 0.1) is 0 Å². The lowest BCUT2D eigenvalue weighted by atomic mass is 9.93. The Kier molecular flexibility index (Phi) is 3.86. The van der Waals surface area contributed by atoms with Gasteiger partial charge in [-0.3, -0.25) is 4.79 Å². The number of benzene rings is 2. The zero-order chi connectivity index (χ0) is 15.7. The fraction of sp³-hybridized carbons (Fsp3) is 0.278. The number of rotatable bonds is 3. The molecule has 0 aliphatic carbocycles. The van der Waals surface area contributed by atoms with Crippen LogP contribution in [0.5, 0.6) is 5.75 Å². The number of carbonyl (C=O) groups excluding carboxylic acids is 1. The van der Waals surface area contributed by atoms with Crippen LogP contribution in [-0.2, 0) is 11.2 Å². The summed E-state index contributed by atoms with van der Waals surface area (Å²) in [6.07, 6.45) is 1.32. The summed E-state index contributed by atoms with van der Waals surface area (Å²) in [5.74, 6) is 0.953. The van der Waals surface area contributed by atoms with Crippen molar-refractivity contribution in [2.75, 3.05) is 19.1 Å². The summed E-state index contributed by atoms with van der Waals surface area (Å²) in [5, 5.41) is 0. The summed E-state index contributed by atoms with van der Waals surface area (Å²) in [6.45, 7) is 0. The Morgan fingerprint density at radius 3 is 2.73 bits per heavy atom. The Bertz CT molecular complexity index is 712. The molecule has 2 N–H and O–H groups in total. The van der Waals surface area contributed by atoms with E-state index in [1.807, 2.05) is 43.4 Å². The average molecular weight is 296 g/mol. The first kappa shape index (κ1) is 14.6. The Labute approximate surface area is 130 Å². The molecule has 0 aromatic heterocycles. The lowest BCUT2D eigenvalue weighted by Crippen LogP contribution is -2.31. The van der Waals surface area contributed by atoms with E-state index in [-0.39, 0.29) is 11.9 Å². The quantitative estimate of drug-likeness (QED) is 0.947. The van der Waals surface area contributed by atoms with Crippen LogP contribution in [0.1, 0.15) is 29.2 Å². The van der Waals surface area contributed by atoms with Gasteiger partial charge >= 0.3 is 0 Å². The second-order valence-corrected chi connectivity index (χ2v) is 5.56. The number of nitrogens with two attached hydrogens (primary N) is 1. The standard InChI is InChI=1S/C18H20N2O2/c1-20-15-9-7-13(11-12(15)8-10-17(20)21)18(19)14-5-3-4-6-16(14)22-2/h3-7,9,11,18H,8,10,19H2,1-2H3. The number of fused-ring (bicyclic) bond motifs is 1. The van der Waals surface area contributed by atoms with Crippen LogP contribution in [0.2, 0.25) is 0 Å². The van der Waals surface area contributed by atoms with Crippen molar-refractivity contribution < 1.29 is 9.53 Å². The molecule has 0 spiro atoms. The summed E-state index contributed by atoms with van der Waals surface area (Å²) < 4.78 is 5.40. The molecule has 1 aliphatic heterocycles. The molecule has 1 aliphatic rings. The van der Waals surface area contributed by atoms with E-state index >= 15 is 0 Å². The number of amides is 1. The topological polar surface area (TPSA) is 55.6 Å². The highest BCUT2D eigenvalue weighted by atomic mass is 16.5. The van der Waals surface area contributed by atoms with E-state index in [9.17, 15) is 4.79 Å². The third kappa shape index (κ3) is 2.46. The van der Waals surface area contributed by atoms with Crippen LogP contribution < -0.4 is 15.4 Å². The summed E-state index contributed by atoms with van der Waals surface area (Å²) in [6, 6.07) is 13.6. The van der Waals surface area contributed by atoms with E-state index in [0.717, 1.165) is 29.0 Å². The van der Waals surface area contributed by atoms with Crippen molar-refractivity contribution in [1.82, 2.24) is 0 Å². The molecule has 2 aromatic rings. The molecule has 0 bridgehead atoms. The molecule has 22 heavy (non-hydrogen) atoms. The minimum Gasteiger partial charge on any atom is -0.496 e. The van der Waals surface area contributed by atoms with Crippen molar-refractivity contribution in [3.8, 4) is 5.75 Å². The first-order valence-electron chi connectivity index (χ1n) is 7.39. The summed E-state index contributed by atoms with van der Waals surface area (Å²) in [7, 11) is 3.47. The fourth-order valence-electron chi connectivity index (χ4n) is 2.97. The molecule has 1 atom stereocenters. The van der Waals surface area contributed by atoms with E-state index in [2.05, 4.69) is 6.07 Å². The Morgan fingerprint density at radius 2 is 1.95 bits per heavy atom. The molecule has 0 saturated heterocycles. The van der Waals surface area contributed by atoms with Gasteiger partial charge in [-0.1, -0.05) is 30.3 Å². The van der Waals surface area contributed by atoms with E-state index in [4.69, 9.17) is 10.5 Å². The van der Waals surface area contributed by atoms with Crippen molar-refractivity contribution in [2.24, 2.45) is 5.73 Å². The third-order valence-corrected chi connectivity index (χ3v) is 4.28. The van der Waals surface area contributed by atoms with Gasteiger partial charge in [-0.05, 0) is 29.7 Å². The molecule has 1 amide bonds. The molecule has 2 aromatic carbocycles. The molecule has 4 nitrogen and oxygen atoms in total. The molecule has 1 unspecified atom stereocenters. The maximum absolute atomic E-state index is 11.8. The van der Waals surface area contributed by atoms with Gasteiger partial charge in [-0.25, -0.2) is 0 Å². The van der Waals surface area contributed by atoms with Crippen LogP contribution in [-0.4, -0.2) is 20.1 Å². The lowest BCUT2D eigenvalue weighted by Gasteiger charge is -2.27. The highest BCUT2D eigenvalue weighted by molar-refractivity contribution is 5.95. The number of ether oxygens (including phenoxy) is 1. The molecule has 4 heteroatoms. The minimum absolute atomic E-state index is 0.161. The summed E-state index contributed by atoms with van der Waals surface area (Å²) >= 11 is 0. The Hall–Kier alpha value is -2.33. The number of para-hydroxylation sites is 1. The molecule has 0 saturated carbocycles. The van der Waals surface area contributed by atoms with Crippen LogP contribution in [0.4, 0.5) is 5.69 Å². The van der Waals surface area contributed by atoms with Gasteiger partial charge in [0.25, 0.3) is 0 Å². The Morgan fingerprint density at radius 1 is 1.18 bits per heavy atom. The normalized spacial score (nSPS) is 15.4. The molecular weight excluding hydrogens is 276 g/mol. The predicted molar refractivity (Wildman–Crippen MR) is 87.2 cm³/mol. The van der Waals surface area contributed by atoms with E-state index in [0.29, 0.717) is 6.42 Å². The molecule has 3 rings (SSSR count). The largest absolute Gasteiger partial charge is 0.496 e. The van der Waals surface area contributed by atoms with Gasteiger partial charge in [0.15, 0.2) is 0 Å². The van der Waals surface area contributed by atoms with Crippen molar-refractivity contribution in [3.05, 3.63) is 59.2 Å². The van der Waals surface area contributed by atoms with Gasteiger partial charge in [0.1, 0.15) is 5.75 Å². The number of anilines is 1. The number of carbonyl (C=O) groups is 1. The van der Waals surface area contributed by atoms with Crippen molar-refractivity contribution in [2.45, 2.75) is 18.9 Å². The minimum atomic E-state index is -0.246. The number of aryl methyl sites for hydroxylation is 1. The maximum atomic E-state index is 11.8. The first-order chi connectivity index (χ1) is 10.6. The highest BCUT2D eigenvalue weighted by Crippen LogP contribution is 2.33. The van der Waals surface area contributed by atoms with Gasteiger partial charge in [0.2, 0.25) is 5.91 Å².